The van der Waals surface area contributed by atoms with Crippen LogP contribution >= 0.6 is 0 Å². The molecule has 31 heavy (non-hydrogen) atoms. The molecule has 0 aromatic carbocycles. The first-order valence-electron chi connectivity index (χ1n) is 14.3. The summed E-state index contributed by atoms with van der Waals surface area (Å²) in [5.74, 6) is 0. The molecule has 2 saturated heterocycles. The zero-order chi connectivity index (χ0) is 22.5. The van der Waals surface area contributed by atoms with Gasteiger partial charge >= 0.3 is 0 Å². The van der Waals surface area contributed by atoms with Gasteiger partial charge in [-0.2, -0.15) is 0 Å². The molecule has 0 saturated carbocycles. The van der Waals surface area contributed by atoms with E-state index in [2.05, 4.69) is 20.0 Å². The standard InChI is InChI=1S/C21H43OSi.C6H14OSi/c1-2-3-4-5-6-7-8-9-10-11-12-13-14-15-17-20-23-21-18-16-19-22-23;1-8(2)6-4-3-5-7-8/h2-21H2,1H3;3-6H2,1-2H3. The van der Waals surface area contributed by atoms with Crippen molar-refractivity contribution in [2.45, 2.75) is 160 Å². The summed E-state index contributed by atoms with van der Waals surface area (Å²) in [7, 11) is -1.46. The van der Waals surface area contributed by atoms with Crippen molar-refractivity contribution in [2.75, 3.05) is 13.2 Å². The van der Waals surface area contributed by atoms with E-state index in [0.29, 0.717) is 0 Å². The molecule has 2 heterocycles. The highest BCUT2D eigenvalue weighted by Crippen LogP contribution is 2.20. The second-order valence-corrected chi connectivity index (χ2v) is 17.3. The molecule has 0 aliphatic carbocycles. The lowest BCUT2D eigenvalue weighted by atomic mass is 10.0. The van der Waals surface area contributed by atoms with Gasteiger partial charge in [0.15, 0.2) is 8.32 Å². The van der Waals surface area contributed by atoms with Crippen LogP contribution in [0.25, 0.3) is 0 Å². The van der Waals surface area contributed by atoms with Crippen LogP contribution in [0.3, 0.4) is 0 Å². The Balaban J connectivity index is 0.000000500. The zero-order valence-electron chi connectivity index (χ0n) is 21.8. The molecular formula is C27H57O2Si2. The second-order valence-electron chi connectivity index (χ2n) is 10.6. The second kappa shape index (κ2) is 20.9. The highest BCUT2D eigenvalue weighted by molar-refractivity contribution is 6.71. The summed E-state index contributed by atoms with van der Waals surface area (Å²) >= 11 is 0. The minimum Gasteiger partial charge on any atom is -0.417 e. The van der Waals surface area contributed by atoms with Crippen molar-refractivity contribution < 1.29 is 8.85 Å². The summed E-state index contributed by atoms with van der Waals surface area (Å²) in [6.07, 6.45) is 27.4. The molecule has 0 atom stereocenters. The average molecular weight is 470 g/mol. The van der Waals surface area contributed by atoms with E-state index in [9.17, 15) is 0 Å². The Bertz CT molecular complexity index is 362. The molecule has 0 aromatic rings. The van der Waals surface area contributed by atoms with Gasteiger partial charge in [0.1, 0.15) is 0 Å². The van der Waals surface area contributed by atoms with Gasteiger partial charge in [0, 0.05) is 13.2 Å². The lowest BCUT2D eigenvalue weighted by molar-refractivity contribution is 0.275. The molecule has 0 aromatic heterocycles. The molecule has 0 N–H and O–H groups in total. The van der Waals surface area contributed by atoms with Gasteiger partial charge in [-0.1, -0.05) is 116 Å². The molecule has 2 nitrogen and oxygen atoms in total. The van der Waals surface area contributed by atoms with Crippen LogP contribution in [-0.4, -0.2) is 30.6 Å². The van der Waals surface area contributed by atoms with Crippen LogP contribution in [0.4, 0.5) is 0 Å². The van der Waals surface area contributed by atoms with Crippen molar-refractivity contribution in [3.8, 4) is 0 Å². The summed E-state index contributed by atoms with van der Waals surface area (Å²) in [6.45, 7) is 8.98. The molecule has 1 radical (unpaired) electrons. The summed E-state index contributed by atoms with van der Waals surface area (Å²) in [5, 5.41) is 0. The van der Waals surface area contributed by atoms with Gasteiger partial charge in [0.05, 0.1) is 0 Å². The molecule has 2 fully saturated rings. The van der Waals surface area contributed by atoms with E-state index in [1.54, 1.807) is 0 Å². The number of unbranched alkanes of at least 4 members (excludes halogenated alkanes) is 14. The molecule has 2 aliphatic rings. The van der Waals surface area contributed by atoms with Crippen molar-refractivity contribution in [1.82, 2.24) is 0 Å². The predicted octanol–water partition coefficient (Wildman–Crippen LogP) is 9.66. The maximum absolute atomic E-state index is 5.90. The van der Waals surface area contributed by atoms with Crippen LogP contribution in [0, 0.1) is 0 Å². The van der Waals surface area contributed by atoms with Crippen LogP contribution < -0.4 is 0 Å². The van der Waals surface area contributed by atoms with Gasteiger partial charge in [-0.3, -0.25) is 0 Å². The van der Waals surface area contributed by atoms with Gasteiger partial charge in [-0.25, -0.2) is 0 Å². The van der Waals surface area contributed by atoms with Gasteiger partial charge < -0.3 is 8.85 Å². The fourth-order valence-electron chi connectivity index (χ4n) is 4.68. The summed E-state index contributed by atoms with van der Waals surface area (Å²) < 4.78 is 11.5. The van der Waals surface area contributed by atoms with Crippen LogP contribution in [0.2, 0.25) is 31.2 Å². The number of rotatable bonds is 16. The van der Waals surface area contributed by atoms with E-state index >= 15 is 0 Å². The third kappa shape index (κ3) is 19.5. The Morgan fingerprint density at radius 3 is 1.52 bits per heavy atom. The molecule has 0 amide bonds. The Morgan fingerprint density at radius 1 is 0.613 bits per heavy atom. The normalized spacial score (nSPS) is 19.1. The zero-order valence-corrected chi connectivity index (χ0v) is 23.8. The van der Waals surface area contributed by atoms with Crippen LogP contribution in [0.5, 0.6) is 0 Å². The first-order valence-corrected chi connectivity index (χ1v) is 19.2. The minimum absolute atomic E-state index is 0.365. The average Bonchev–Trinajstić information content (AvgIpc) is 2.77. The molecule has 0 bridgehead atoms. The number of hydrogen-bond acceptors (Lipinski definition) is 2. The summed E-state index contributed by atoms with van der Waals surface area (Å²) in [6, 6.07) is 4.21. The van der Waals surface area contributed by atoms with E-state index < -0.39 is 8.32 Å². The van der Waals surface area contributed by atoms with Crippen molar-refractivity contribution >= 4 is 17.4 Å². The molecule has 0 spiro atoms. The van der Waals surface area contributed by atoms with Crippen molar-refractivity contribution in [2.24, 2.45) is 0 Å². The first kappa shape index (κ1) is 29.4. The van der Waals surface area contributed by atoms with Gasteiger partial charge in [0.2, 0.25) is 9.04 Å². The fourth-order valence-corrected chi connectivity index (χ4v) is 8.88. The lowest BCUT2D eigenvalue weighted by Crippen LogP contribution is -2.33. The molecule has 0 unspecified atom stereocenters. The van der Waals surface area contributed by atoms with Gasteiger partial charge in [-0.15, -0.1) is 0 Å². The van der Waals surface area contributed by atoms with Crippen molar-refractivity contribution in [1.29, 1.82) is 0 Å². The van der Waals surface area contributed by atoms with E-state index in [1.807, 2.05) is 0 Å². The maximum atomic E-state index is 5.90. The Kier molecular flexibility index (Phi) is 19.8. The van der Waals surface area contributed by atoms with Crippen LogP contribution in [0.15, 0.2) is 0 Å². The predicted molar refractivity (Wildman–Crippen MR) is 143 cm³/mol. The third-order valence-electron chi connectivity index (χ3n) is 6.88. The third-order valence-corrected chi connectivity index (χ3v) is 11.9. The lowest BCUT2D eigenvalue weighted by Gasteiger charge is -2.27. The van der Waals surface area contributed by atoms with Crippen molar-refractivity contribution in [3.63, 3.8) is 0 Å². The monoisotopic (exact) mass is 469 g/mol. The van der Waals surface area contributed by atoms with E-state index in [1.165, 1.54) is 140 Å². The largest absolute Gasteiger partial charge is 0.417 e. The van der Waals surface area contributed by atoms with Gasteiger partial charge in [0.25, 0.3) is 0 Å². The topological polar surface area (TPSA) is 18.5 Å². The van der Waals surface area contributed by atoms with E-state index in [4.69, 9.17) is 8.85 Å². The molecule has 4 heteroatoms. The molecule has 185 valence electrons. The SMILES string of the molecule is CCCCCCCCCCCCCCCCC[Si]1CCCCO1.C[Si]1(C)CCCCO1. The molecule has 2 aliphatic heterocycles. The Morgan fingerprint density at radius 2 is 1.13 bits per heavy atom. The highest BCUT2D eigenvalue weighted by Gasteiger charge is 2.24. The van der Waals surface area contributed by atoms with E-state index in [0.717, 1.165) is 13.2 Å². The summed E-state index contributed by atoms with van der Waals surface area (Å²) in [5.41, 5.74) is 0. The quantitative estimate of drug-likeness (QED) is 0.165. The Labute approximate surface area is 199 Å². The van der Waals surface area contributed by atoms with Crippen LogP contribution in [0.1, 0.15) is 129 Å². The Hall–Kier alpha value is 0.354. The minimum atomic E-state index is -1.09. The molecule has 2 rings (SSSR count). The van der Waals surface area contributed by atoms with E-state index in [-0.39, 0.29) is 9.04 Å². The maximum Gasteiger partial charge on any atom is 0.211 e. The molecular weight excluding hydrogens is 412 g/mol. The number of hydrogen-bond donors (Lipinski definition) is 0. The fraction of sp³-hybridized carbons (Fsp3) is 1.00. The first-order chi connectivity index (χ1) is 15.1. The van der Waals surface area contributed by atoms with Crippen LogP contribution in [-0.2, 0) is 8.85 Å². The summed E-state index contributed by atoms with van der Waals surface area (Å²) in [4.78, 5) is 0. The van der Waals surface area contributed by atoms with Crippen molar-refractivity contribution in [3.05, 3.63) is 0 Å². The highest BCUT2D eigenvalue weighted by atomic mass is 28.4. The van der Waals surface area contributed by atoms with Gasteiger partial charge in [-0.05, 0) is 44.1 Å². The smallest absolute Gasteiger partial charge is 0.211 e.